The summed E-state index contributed by atoms with van der Waals surface area (Å²) in [6.45, 7) is 6.31. The summed E-state index contributed by atoms with van der Waals surface area (Å²) >= 11 is 0. The molecule has 0 spiro atoms. The van der Waals surface area contributed by atoms with Crippen molar-refractivity contribution in [3.8, 4) is 0 Å². The summed E-state index contributed by atoms with van der Waals surface area (Å²) in [6.07, 6.45) is 1.96. The Morgan fingerprint density at radius 1 is 0.875 bits per heavy atom. The van der Waals surface area contributed by atoms with Crippen molar-refractivity contribution < 1.29 is 0 Å². The minimum atomic E-state index is 1.05. The van der Waals surface area contributed by atoms with Gasteiger partial charge in [0, 0.05) is 33.7 Å². The van der Waals surface area contributed by atoms with Crippen molar-refractivity contribution in [2.24, 2.45) is 0 Å². The second kappa shape index (κ2) is 3.08. The molecule has 0 bridgehead atoms. The number of aromatic amines is 1. The highest BCUT2D eigenvalue weighted by atomic mass is 14.7. The van der Waals surface area contributed by atoms with Crippen LogP contribution in [0.25, 0.3) is 21.8 Å². The molecule has 3 rings (SSSR count). The van der Waals surface area contributed by atoms with Gasteiger partial charge in [-0.15, -0.1) is 0 Å². The molecule has 0 aliphatic heterocycles. The van der Waals surface area contributed by atoms with Gasteiger partial charge in [-0.25, -0.2) is 0 Å². The number of aromatic nitrogens is 2. The molecule has 80 valence electrons. The van der Waals surface area contributed by atoms with Crippen LogP contribution in [0.5, 0.6) is 0 Å². The molecule has 0 aliphatic rings. The molecule has 0 fully saturated rings. The molecule has 3 aromatic rings. The Labute approximate surface area is 94.3 Å². The van der Waals surface area contributed by atoms with E-state index in [1.54, 1.807) is 0 Å². The maximum Gasteiger partial charge on any atom is 0.0498 e. The van der Waals surface area contributed by atoms with E-state index >= 15 is 0 Å². The zero-order valence-corrected chi connectivity index (χ0v) is 9.76. The number of fused-ring (bicyclic) bond motifs is 3. The van der Waals surface area contributed by atoms with Crippen molar-refractivity contribution in [1.29, 1.82) is 0 Å². The van der Waals surface area contributed by atoms with E-state index in [1.807, 2.05) is 13.1 Å². The van der Waals surface area contributed by atoms with Crippen molar-refractivity contribution in [1.82, 2.24) is 9.97 Å². The van der Waals surface area contributed by atoms with E-state index in [1.165, 1.54) is 32.9 Å². The minimum absolute atomic E-state index is 1.05. The first kappa shape index (κ1) is 9.40. The lowest BCUT2D eigenvalue weighted by Crippen LogP contribution is -1.80. The molecular formula is C14H14N2. The van der Waals surface area contributed by atoms with Crippen LogP contribution in [-0.4, -0.2) is 9.97 Å². The first-order chi connectivity index (χ1) is 7.65. The molecule has 2 nitrogen and oxygen atoms in total. The average Bonchev–Trinajstić information content (AvgIpc) is 2.55. The van der Waals surface area contributed by atoms with Crippen LogP contribution in [0.15, 0.2) is 24.4 Å². The smallest absolute Gasteiger partial charge is 0.0498 e. The van der Waals surface area contributed by atoms with Crippen LogP contribution in [-0.2, 0) is 0 Å². The monoisotopic (exact) mass is 210 g/mol. The molecule has 2 aromatic heterocycles. The van der Waals surface area contributed by atoms with Gasteiger partial charge in [-0.3, -0.25) is 4.98 Å². The number of hydrogen-bond donors (Lipinski definition) is 1. The number of rotatable bonds is 0. The second-order valence-electron chi connectivity index (χ2n) is 4.48. The van der Waals surface area contributed by atoms with E-state index < -0.39 is 0 Å². The number of hydrogen-bond acceptors (Lipinski definition) is 1. The lowest BCUT2D eigenvalue weighted by Gasteiger charge is -1.99. The van der Waals surface area contributed by atoms with E-state index in [0.29, 0.717) is 0 Å². The van der Waals surface area contributed by atoms with Crippen LogP contribution < -0.4 is 0 Å². The number of nitrogens with zero attached hydrogens (tertiary/aromatic N) is 1. The topological polar surface area (TPSA) is 28.7 Å². The Kier molecular flexibility index (Phi) is 1.81. The van der Waals surface area contributed by atoms with E-state index in [9.17, 15) is 0 Å². The van der Waals surface area contributed by atoms with Crippen molar-refractivity contribution in [2.45, 2.75) is 20.8 Å². The highest BCUT2D eigenvalue weighted by molar-refractivity contribution is 6.07. The molecule has 0 radical (unpaired) electrons. The Bertz CT molecular complexity index is 693. The molecule has 0 amide bonds. The number of benzene rings is 1. The number of pyridine rings is 1. The number of H-pyrrole nitrogens is 1. The summed E-state index contributed by atoms with van der Waals surface area (Å²) in [6, 6.07) is 6.54. The lowest BCUT2D eigenvalue weighted by molar-refractivity contribution is 1.22. The van der Waals surface area contributed by atoms with Gasteiger partial charge in [0.15, 0.2) is 0 Å². The third-order valence-electron chi connectivity index (χ3n) is 3.23. The predicted molar refractivity (Wildman–Crippen MR) is 67.8 cm³/mol. The SMILES string of the molecule is Cc1cc2[nH]c3cc(C)c(C)cc3c2cn1. The van der Waals surface area contributed by atoms with E-state index in [2.05, 4.69) is 42.0 Å². The highest BCUT2D eigenvalue weighted by Gasteiger charge is 2.06. The van der Waals surface area contributed by atoms with Gasteiger partial charge in [-0.2, -0.15) is 0 Å². The molecule has 0 saturated carbocycles. The van der Waals surface area contributed by atoms with Crippen molar-refractivity contribution in [3.63, 3.8) is 0 Å². The molecule has 0 atom stereocenters. The first-order valence-corrected chi connectivity index (χ1v) is 5.50. The Hall–Kier alpha value is -1.83. The molecule has 0 unspecified atom stereocenters. The molecule has 16 heavy (non-hydrogen) atoms. The Morgan fingerprint density at radius 2 is 1.56 bits per heavy atom. The summed E-state index contributed by atoms with van der Waals surface area (Å²) in [4.78, 5) is 7.81. The van der Waals surface area contributed by atoms with Crippen LogP contribution in [0.1, 0.15) is 16.8 Å². The van der Waals surface area contributed by atoms with Gasteiger partial charge in [0.25, 0.3) is 0 Å². The van der Waals surface area contributed by atoms with Crippen molar-refractivity contribution >= 4 is 21.8 Å². The summed E-state index contributed by atoms with van der Waals surface area (Å²) in [7, 11) is 0. The van der Waals surface area contributed by atoms with Crippen LogP contribution in [0.3, 0.4) is 0 Å². The molecule has 2 heterocycles. The fourth-order valence-electron chi connectivity index (χ4n) is 2.17. The summed E-state index contributed by atoms with van der Waals surface area (Å²) in [5, 5.41) is 2.48. The fraction of sp³-hybridized carbons (Fsp3) is 0.214. The minimum Gasteiger partial charge on any atom is -0.354 e. The van der Waals surface area contributed by atoms with Gasteiger partial charge < -0.3 is 4.98 Å². The molecule has 0 aliphatic carbocycles. The van der Waals surface area contributed by atoms with Crippen molar-refractivity contribution in [2.75, 3.05) is 0 Å². The van der Waals surface area contributed by atoms with E-state index in [0.717, 1.165) is 5.69 Å². The first-order valence-electron chi connectivity index (χ1n) is 5.50. The van der Waals surface area contributed by atoms with Gasteiger partial charge in [-0.1, -0.05) is 0 Å². The number of aryl methyl sites for hydroxylation is 3. The van der Waals surface area contributed by atoms with Crippen molar-refractivity contribution in [3.05, 3.63) is 41.2 Å². The van der Waals surface area contributed by atoms with Crippen LogP contribution in [0, 0.1) is 20.8 Å². The molecular weight excluding hydrogens is 196 g/mol. The molecule has 2 heteroatoms. The zero-order valence-electron chi connectivity index (χ0n) is 9.76. The summed E-state index contributed by atoms with van der Waals surface area (Å²) in [5.41, 5.74) is 6.07. The van der Waals surface area contributed by atoms with Crippen LogP contribution >= 0.6 is 0 Å². The van der Waals surface area contributed by atoms with Gasteiger partial charge in [0.05, 0.1) is 0 Å². The third-order valence-corrected chi connectivity index (χ3v) is 3.23. The fourth-order valence-corrected chi connectivity index (χ4v) is 2.17. The Morgan fingerprint density at radius 3 is 2.38 bits per heavy atom. The molecule has 1 N–H and O–H groups in total. The maximum absolute atomic E-state index is 4.36. The van der Waals surface area contributed by atoms with E-state index in [-0.39, 0.29) is 0 Å². The third kappa shape index (κ3) is 1.23. The quantitative estimate of drug-likeness (QED) is 0.603. The maximum atomic E-state index is 4.36. The normalized spacial score (nSPS) is 11.4. The predicted octanol–water partition coefficient (Wildman–Crippen LogP) is 3.64. The van der Waals surface area contributed by atoms with Gasteiger partial charge in [-0.05, 0) is 50.1 Å². The Balaban J connectivity index is 2.51. The number of nitrogens with one attached hydrogen (secondary N) is 1. The van der Waals surface area contributed by atoms with Crippen LogP contribution in [0.2, 0.25) is 0 Å². The highest BCUT2D eigenvalue weighted by Crippen LogP contribution is 2.27. The van der Waals surface area contributed by atoms with Crippen LogP contribution in [0.4, 0.5) is 0 Å². The summed E-state index contributed by atoms with van der Waals surface area (Å²) in [5.74, 6) is 0. The summed E-state index contributed by atoms with van der Waals surface area (Å²) < 4.78 is 0. The average molecular weight is 210 g/mol. The zero-order chi connectivity index (χ0) is 11.3. The molecule has 0 saturated heterocycles. The largest absolute Gasteiger partial charge is 0.354 e. The van der Waals surface area contributed by atoms with Gasteiger partial charge in [0.1, 0.15) is 0 Å². The van der Waals surface area contributed by atoms with E-state index in [4.69, 9.17) is 0 Å². The van der Waals surface area contributed by atoms with Gasteiger partial charge in [0.2, 0.25) is 0 Å². The lowest BCUT2D eigenvalue weighted by atomic mass is 10.1. The molecule has 1 aromatic carbocycles. The second-order valence-corrected chi connectivity index (χ2v) is 4.48. The standard InChI is InChI=1S/C14H14N2/c1-8-4-11-12-7-15-10(3)6-14(12)16-13(11)5-9(8)2/h4-7,16H,1-3H3. The van der Waals surface area contributed by atoms with Gasteiger partial charge >= 0.3 is 0 Å².